The van der Waals surface area contributed by atoms with Crippen LogP contribution >= 0.6 is 0 Å². The number of sulfonamides is 1. The Labute approximate surface area is 154 Å². The summed E-state index contributed by atoms with van der Waals surface area (Å²) in [6.07, 6.45) is 0. The van der Waals surface area contributed by atoms with Crippen molar-refractivity contribution in [3.63, 3.8) is 0 Å². The van der Waals surface area contributed by atoms with E-state index in [0.29, 0.717) is 5.39 Å². The molecule has 7 heteroatoms. The Kier molecular flexibility index (Phi) is 4.77. The van der Waals surface area contributed by atoms with Crippen molar-refractivity contribution in [2.75, 3.05) is 19.0 Å². The lowest BCUT2D eigenvalue weighted by Crippen LogP contribution is -2.24. The van der Waals surface area contributed by atoms with Gasteiger partial charge >= 0.3 is 0 Å². The minimum Gasteiger partial charge on any atom is -0.377 e. The average Bonchev–Trinajstić information content (AvgIpc) is 2.84. The Morgan fingerprint density at radius 3 is 2.35 bits per heavy atom. The highest BCUT2D eigenvalue weighted by Gasteiger charge is 2.20. The van der Waals surface area contributed by atoms with Crippen LogP contribution in [-0.2, 0) is 23.6 Å². The van der Waals surface area contributed by atoms with Gasteiger partial charge in [0.05, 0.1) is 10.6 Å². The first-order chi connectivity index (χ1) is 12.2. The number of nitrogens with one attached hydrogen (secondary N) is 1. The summed E-state index contributed by atoms with van der Waals surface area (Å²) in [5.74, 6) is 0. The fraction of sp³-hybridized carbons (Fsp3) is 0.316. The molecule has 1 N–H and O–H groups in total. The molecule has 0 aliphatic heterocycles. The molecule has 0 saturated heterocycles. The third-order valence-corrected chi connectivity index (χ3v) is 6.19. The van der Waals surface area contributed by atoms with Crippen molar-refractivity contribution >= 4 is 26.5 Å². The van der Waals surface area contributed by atoms with Crippen LogP contribution < -0.4 is 9.62 Å². The molecule has 0 unspecified atom stereocenters. The van der Waals surface area contributed by atoms with E-state index in [1.807, 2.05) is 64.2 Å². The second kappa shape index (κ2) is 6.74. The Balaban J connectivity index is 2.01. The fourth-order valence-electron chi connectivity index (χ4n) is 3.21. The predicted molar refractivity (Wildman–Crippen MR) is 105 cm³/mol. The van der Waals surface area contributed by atoms with Crippen LogP contribution in [0, 0.1) is 13.8 Å². The first kappa shape index (κ1) is 18.4. The number of benzene rings is 2. The van der Waals surface area contributed by atoms with E-state index in [1.54, 1.807) is 16.8 Å². The molecule has 138 valence electrons. The normalized spacial score (nSPS) is 11.9. The maximum atomic E-state index is 13.0. The number of fused-ring (bicyclic) bond motifs is 1. The van der Waals surface area contributed by atoms with E-state index in [1.165, 1.54) is 0 Å². The second-order valence-corrected chi connectivity index (χ2v) is 8.36. The molecule has 6 nitrogen and oxygen atoms in total. The van der Waals surface area contributed by atoms with Gasteiger partial charge in [-0.05, 0) is 26.0 Å². The quantitative estimate of drug-likeness (QED) is 0.748. The standard InChI is InChI=1S/C19H24N4O2S/c1-13-17(14(2)23(5)21-13)12-20-26(24,25)19-11-7-8-15-16(19)9-6-10-18(15)22(3)4/h6-11,20H,12H2,1-5H3. The van der Waals surface area contributed by atoms with Gasteiger partial charge < -0.3 is 4.90 Å². The van der Waals surface area contributed by atoms with Crippen molar-refractivity contribution in [2.45, 2.75) is 25.3 Å². The van der Waals surface area contributed by atoms with Gasteiger partial charge in [0.1, 0.15) is 0 Å². The smallest absolute Gasteiger partial charge is 0.241 e. The molecule has 0 bridgehead atoms. The summed E-state index contributed by atoms with van der Waals surface area (Å²) >= 11 is 0. The predicted octanol–water partition coefficient (Wildman–Crippen LogP) is 2.73. The monoisotopic (exact) mass is 372 g/mol. The van der Waals surface area contributed by atoms with E-state index < -0.39 is 10.0 Å². The van der Waals surface area contributed by atoms with Crippen molar-refractivity contribution in [3.05, 3.63) is 53.3 Å². The number of rotatable bonds is 5. The Morgan fingerprint density at radius 2 is 1.73 bits per heavy atom. The Morgan fingerprint density at radius 1 is 1.08 bits per heavy atom. The van der Waals surface area contributed by atoms with Gasteiger partial charge in [0.2, 0.25) is 10.0 Å². The van der Waals surface area contributed by atoms with E-state index in [9.17, 15) is 8.42 Å². The van der Waals surface area contributed by atoms with Gasteiger partial charge in [-0.25, -0.2) is 13.1 Å². The molecule has 0 radical (unpaired) electrons. The molecule has 0 fully saturated rings. The lowest BCUT2D eigenvalue weighted by molar-refractivity contribution is 0.582. The maximum absolute atomic E-state index is 13.0. The average molecular weight is 372 g/mol. The second-order valence-electron chi connectivity index (χ2n) is 6.62. The number of hydrogen-bond acceptors (Lipinski definition) is 4. The third kappa shape index (κ3) is 3.20. The van der Waals surface area contributed by atoms with E-state index in [-0.39, 0.29) is 11.4 Å². The van der Waals surface area contributed by atoms with Crippen molar-refractivity contribution in [1.29, 1.82) is 0 Å². The summed E-state index contributed by atoms with van der Waals surface area (Å²) in [5, 5.41) is 5.97. The summed E-state index contributed by atoms with van der Waals surface area (Å²) in [7, 11) is 2.09. The third-order valence-electron chi connectivity index (χ3n) is 4.73. The lowest BCUT2D eigenvalue weighted by atomic mass is 10.1. The van der Waals surface area contributed by atoms with Crippen molar-refractivity contribution in [1.82, 2.24) is 14.5 Å². The van der Waals surface area contributed by atoms with Crippen molar-refractivity contribution in [2.24, 2.45) is 7.05 Å². The molecule has 0 saturated carbocycles. The summed E-state index contributed by atoms with van der Waals surface area (Å²) in [4.78, 5) is 2.27. The summed E-state index contributed by atoms with van der Waals surface area (Å²) in [5.41, 5.74) is 3.68. The lowest BCUT2D eigenvalue weighted by Gasteiger charge is -2.17. The van der Waals surface area contributed by atoms with Crippen LogP contribution in [0.2, 0.25) is 0 Å². The molecule has 0 aliphatic carbocycles. The molecule has 1 aromatic heterocycles. The van der Waals surface area contributed by atoms with Gasteiger partial charge in [0.25, 0.3) is 0 Å². The molecule has 0 spiro atoms. The first-order valence-corrected chi connectivity index (χ1v) is 9.88. The molecule has 3 aromatic rings. The molecule has 0 aliphatic rings. The molecule has 26 heavy (non-hydrogen) atoms. The summed E-state index contributed by atoms with van der Waals surface area (Å²) in [6.45, 7) is 4.04. The highest BCUT2D eigenvalue weighted by molar-refractivity contribution is 7.89. The van der Waals surface area contributed by atoms with Crippen LogP contribution in [0.5, 0.6) is 0 Å². The molecule has 3 rings (SSSR count). The van der Waals surface area contributed by atoms with Crippen molar-refractivity contribution < 1.29 is 8.42 Å². The molecule has 2 aromatic carbocycles. The molecule has 1 heterocycles. The zero-order valence-electron chi connectivity index (χ0n) is 15.7. The zero-order valence-corrected chi connectivity index (χ0v) is 16.6. The van der Waals surface area contributed by atoms with E-state index in [0.717, 1.165) is 28.0 Å². The number of nitrogens with zero attached hydrogens (tertiary/aromatic N) is 3. The number of aromatic nitrogens is 2. The van der Waals surface area contributed by atoms with Crippen LogP contribution in [0.15, 0.2) is 41.3 Å². The summed E-state index contributed by atoms with van der Waals surface area (Å²) < 4.78 is 30.5. The topological polar surface area (TPSA) is 67.2 Å². The van der Waals surface area contributed by atoms with Gasteiger partial charge in [-0.1, -0.05) is 24.3 Å². The van der Waals surface area contributed by atoms with Crippen LogP contribution in [0.1, 0.15) is 17.0 Å². The SMILES string of the molecule is Cc1nn(C)c(C)c1CNS(=O)(=O)c1cccc2c(N(C)C)cccc12. The number of anilines is 1. The Bertz CT molecular complexity index is 1070. The van der Waals surface area contributed by atoms with Gasteiger partial charge in [-0.15, -0.1) is 0 Å². The zero-order chi connectivity index (χ0) is 19.1. The molecule has 0 atom stereocenters. The number of aryl methyl sites for hydroxylation is 2. The summed E-state index contributed by atoms with van der Waals surface area (Å²) in [6, 6.07) is 11.1. The van der Waals surface area contributed by atoms with E-state index in [2.05, 4.69) is 9.82 Å². The largest absolute Gasteiger partial charge is 0.377 e. The molecular formula is C19H24N4O2S. The highest BCUT2D eigenvalue weighted by atomic mass is 32.2. The molecule has 0 amide bonds. The minimum atomic E-state index is -3.66. The molecular weight excluding hydrogens is 348 g/mol. The fourth-order valence-corrected chi connectivity index (χ4v) is 4.42. The number of hydrogen-bond donors (Lipinski definition) is 1. The van der Waals surface area contributed by atoms with Gasteiger partial charge in [0.15, 0.2) is 0 Å². The van der Waals surface area contributed by atoms with Crippen LogP contribution in [0.4, 0.5) is 5.69 Å². The maximum Gasteiger partial charge on any atom is 0.241 e. The van der Waals surface area contributed by atoms with E-state index >= 15 is 0 Å². The minimum absolute atomic E-state index is 0.220. The van der Waals surface area contributed by atoms with Crippen LogP contribution in [0.3, 0.4) is 0 Å². The van der Waals surface area contributed by atoms with Crippen LogP contribution in [0.25, 0.3) is 10.8 Å². The van der Waals surface area contributed by atoms with Gasteiger partial charge in [0, 0.05) is 55.4 Å². The van der Waals surface area contributed by atoms with E-state index in [4.69, 9.17) is 0 Å². The van der Waals surface area contributed by atoms with Gasteiger partial charge in [-0.2, -0.15) is 5.10 Å². The Hall–Kier alpha value is -2.38. The van der Waals surface area contributed by atoms with Crippen LogP contribution in [-0.4, -0.2) is 32.3 Å². The van der Waals surface area contributed by atoms with Crippen molar-refractivity contribution in [3.8, 4) is 0 Å². The highest BCUT2D eigenvalue weighted by Crippen LogP contribution is 2.30. The van der Waals surface area contributed by atoms with Gasteiger partial charge in [-0.3, -0.25) is 4.68 Å². The first-order valence-electron chi connectivity index (χ1n) is 8.40.